The molecule has 0 aliphatic carbocycles. The number of hydrogen-bond donors (Lipinski definition) is 1. The first-order chi connectivity index (χ1) is 12.9. The van der Waals surface area contributed by atoms with Crippen LogP contribution in [-0.2, 0) is 11.2 Å². The van der Waals surface area contributed by atoms with Gasteiger partial charge in [-0.25, -0.2) is 0 Å². The predicted molar refractivity (Wildman–Crippen MR) is 108 cm³/mol. The van der Waals surface area contributed by atoms with E-state index < -0.39 is 0 Å². The molecule has 144 valence electrons. The average molecular weight is 409 g/mol. The highest BCUT2D eigenvalue weighted by molar-refractivity contribution is 6.35. The summed E-state index contributed by atoms with van der Waals surface area (Å²) in [5.41, 5.74) is 2.96. The van der Waals surface area contributed by atoms with E-state index in [0.717, 1.165) is 24.3 Å². The summed E-state index contributed by atoms with van der Waals surface area (Å²) in [4.78, 5) is 14.6. The Labute approximate surface area is 169 Å². The van der Waals surface area contributed by atoms with Gasteiger partial charge in [0.25, 0.3) is 0 Å². The Morgan fingerprint density at radius 3 is 2.37 bits per heavy atom. The van der Waals surface area contributed by atoms with Crippen LogP contribution in [0.3, 0.4) is 0 Å². The van der Waals surface area contributed by atoms with Crippen molar-refractivity contribution in [1.82, 2.24) is 4.90 Å². The first-order valence-corrected chi connectivity index (χ1v) is 9.41. The number of nitrogens with zero attached hydrogens (tertiary/aromatic N) is 1. The van der Waals surface area contributed by atoms with Gasteiger partial charge in [0, 0.05) is 28.3 Å². The summed E-state index contributed by atoms with van der Waals surface area (Å²) < 4.78 is 10.8. The fourth-order valence-corrected chi connectivity index (χ4v) is 3.95. The zero-order chi connectivity index (χ0) is 19.6. The first kappa shape index (κ1) is 19.8. The van der Waals surface area contributed by atoms with E-state index in [0.29, 0.717) is 21.5 Å². The molecule has 1 N–H and O–H groups in total. The molecule has 1 atom stereocenters. The van der Waals surface area contributed by atoms with Crippen LogP contribution in [0.5, 0.6) is 11.5 Å². The average Bonchev–Trinajstić information content (AvgIpc) is 2.62. The number of carbonyl (C=O) groups is 1. The van der Waals surface area contributed by atoms with E-state index in [1.165, 1.54) is 5.56 Å². The zero-order valence-corrected chi connectivity index (χ0v) is 17.0. The fourth-order valence-electron chi connectivity index (χ4n) is 3.42. The lowest BCUT2D eigenvalue weighted by Crippen LogP contribution is -2.39. The Morgan fingerprint density at radius 1 is 1.11 bits per heavy atom. The van der Waals surface area contributed by atoms with E-state index in [9.17, 15) is 4.79 Å². The topological polar surface area (TPSA) is 50.8 Å². The summed E-state index contributed by atoms with van der Waals surface area (Å²) in [7, 11) is 3.26. The Morgan fingerprint density at radius 2 is 1.74 bits per heavy atom. The Bertz CT molecular complexity index is 837. The van der Waals surface area contributed by atoms with Gasteiger partial charge in [0.05, 0.1) is 20.8 Å². The number of hydrogen-bond acceptors (Lipinski definition) is 4. The minimum atomic E-state index is -0.107. The minimum absolute atomic E-state index is 0.0854. The molecule has 0 saturated carbocycles. The van der Waals surface area contributed by atoms with Crippen LogP contribution in [0.15, 0.2) is 30.3 Å². The molecule has 0 saturated heterocycles. The molecule has 0 fully saturated rings. The highest BCUT2D eigenvalue weighted by Gasteiger charge is 2.27. The van der Waals surface area contributed by atoms with Crippen LogP contribution < -0.4 is 14.8 Å². The van der Waals surface area contributed by atoms with Crippen LogP contribution in [0, 0.1) is 0 Å². The maximum absolute atomic E-state index is 12.5. The molecule has 0 spiro atoms. The highest BCUT2D eigenvalue weighted by atomic mass is 35.5. The molecular weight excluding hydrogens is 387 g/mol. The van der Waals surface area contributed by atoms with Crippen LogP contribution >= 0.6 is 23.2 Å². The maximum Gasteiger partial charge on any atom is 0.238 e. The minimum Gasteiger partial charge on any atom is -0.493 e. The second kappa shape index (κ2) is 8.38. The third kappa shape index (κ3) is 4.49. The van der Waals surface area contributed by atoms with Gasteiger partial charge in [-0.2, -0.15) is 0 Å². The first-order valence-electron chi connectivity index (χ1n) is 8.66. The van der Waals surface area contributed by atoms with Gasteiger partial charge in [-0.15, -0.1) is 0 Å². The molecule has 1 aliphatic heterocycles. The summed E-state index contributed by atoms with van der Waals surface area (Å²) in [6.07, 6.45) is 0.844. The molecule has 3 rings (SSSR count). The molecule has 7 heteroatoms. The quantitative estimate of drug-likeness (QED) is 0.786. The molecule has 1 aliphatic rings. The van der Waals surface area contributed by atoms with Crippen LogP contribution in [0.4, 0.5) is 5.69 Å². The summed E-state index contributed by atoms with van der Waals surface area (Å²) in [5, 5.41) is 3.83. The lowest BCUT2D eigenvalue weighted by atomic mass is 9.93. The van der Waals surface area contributed by atoms with Crippen LogP contribution in [0.2, 0.25) is 10.0 Å². The summed E-state index contributed by atoms with van der Waals surface area (Å²) in [5.74, 6) is 1.32. The number of benzene rings is 2. The van der Waals surface area contributed by atoms with Crippen molar-refractivity contribution in [3.63, 3.8) is 0 Å². The van der Waals surface area contributed by atoms with E-state index >= 15 is 0 Å². The molecule has 0 bridgehead atoms. The number of methoxy groups -OCH3 is 2. The normalized spacial score (nSPS) is 16.6. The molecule has 0 radical (unpaired) electrons. The zero-order valence-electron chi connectivity index (χ0n) is 15.5. The monoisotopic (exact) mass is 408 g/mol. The molecule has 2 aromatic rings. The van der Waals surface area contributed by atoms with Gasteiger partial charge in [-0.1, -0.05) is 23.2 Å². The van der Waals surface area contributed by atoms with Crippen molar-refractivity contribution < 1.29 is 14.3 Å². The highest BCUT2D eigenvalue weighted by Crippen LogP contribution is 2.37. The van der Waals surface area contributed by atoms with Gasteiger partial charge in [0.1, 0.15) is 0 Å². The van der Waals surface area contributed by atoms with Gasteiger partial charge in [-0.3, -0.25) is 9.69 Å². The van der Waals surface area contributed by atoms with Crippen molar-refractivity contribution in [2.24, 2.45) is 0 Å². The Kier molecular flexibility index (Phi) is 6.15. The number of carbonyl (C=O) groups excluding carboxylic acids is 1. The van der Waals surface area contributed by atoms with E-state index in [4.69, 9.17) is 32.7 Å². The van der Waals surface area contributed by atoms with E-state index in [2.05, 4.69) is 17.1 Å². The van der Waals surface area contributed by atoms with E-state index in [-0.39, 0.29) is 18.5 Å². The number of nitrogens with one attached hydrogen (secondary N) is 1. The molecule has 1 heterocycles. The summed E-state index contributed by atoms with van der Waals surface area (Å²) >= 11 is 12.0. The smallest absolute Gasteiger partial charge is 0.238 e. The van der Waals surface area contributed by atoms with E-state index in [1.54, 1.807) is 32.4 Å². The fraction of sp³-hybridized carbons (Fsp3) is 0.350. The van der Waals surface area contributed by atoms with Crippen LogP contribution in [0.25, 0.3) is 0 Å². The number of rotatable bonds is 5. The number of anilines is 1. The number of ether oxygens (including phenoxy) is 2. The van der Waals surface area contributed by atoms with Gasteiger partial charge < -0.3 is 14.8 Å². The molecule has 5 nitrogen and oxygen atoms in total. The van der Waals surface area contributed by atoms with Crippen LogP contribution in [-0.4, -0.2) is 38.1 Å². The van der Waals surface area contributed by atoms with Crippen molar-refractivity contribution in [2.45, 2.75) is 19.4 Å². The van der Waals surface area contributed by atoms with Crippen molar-refractivity contribution in [3.8, 4) is 11.5 Å². The standard InChI is InChI=1S/C20H22Cl2N2O3/c1-12-17-10-19(27-3)18(26-2)6-13(17)4-5-24(12)11-20(25)23-16-8-14(21)7-15(22)9-16/h6-10,12H,4-5,11H2,1-3H3,(H,23,25). The van der Waals surface area contributed by atoms with Gasteiger partial charge in [0.2, 0.25) is 5.91 Å². The van der Waals surface area contributed by atoms with Crippen molar-refractivity contribution in [1.29, 1.82) is 0 Å². The number of halogens is 2. The maximum atomic E-state index is 12.5. The molecule has 1 amide bonds. The second-order valence-electron chi connectivity index (χ2n) is 6.51. The summed E-state index contributed by atoms with van der Waals surface area (Å²) in [6.45, 7) is 3.15. The second-order valence-corrected chi connectivity index (χ2v) is 7.38. The van der Waals surface area contributed by atoms with E-state index in [1.807, 2.05) is 12.1 Å². The number of fused-ring (bicyclic) bond motifs is 1. The van der Waals surface area contributed by atoms with Gasteiger partial charge >= 0.3 is 0 Å². The van der Waals surface area contributed by atoms with Crippen molar-refractivity contribution in [3.05, 3.63) is 51.5 Å². The lowest BCUT2D eigenvalue weighted by Gasteiger charge is -2.35. The Balaban J connectivity index is 1.73. The third-order valence-corrected chi connectivity index (χ3v) is 5.24. The summed E-state index contributed by atoms with van der Waals surface area (Å²) in [6, 6.07) is 9.09. The number of amides is 1. The molecule has 0 aromatic heterocycles. The van der Waals surface area contributed by atoms with Crippen molar-refractivity contribution in [2.75, 3.05) is 32.6 Å². The molecule has 2 aromatic carbocycles. The molecular formula is C20H22Cl2N2O3. The lowest BCUT2D eigenvalue weighted by molar-refractivity contribution is -0.117. The predicted octanol–water partition coefficient (Wildman–Crippen LogP) is 4.57. The van der Waals surface area contributed by atoms with Gasteiger partial charge in [0.15, 0.2) is 11.5 Å². The van der Waals surface area contributed by atoms with Gasteiger partial charge in [-0.05, 0) is 54.8 Å². The molecule has 1 unspecified atom stereocenters. The largest absolute Gasteiger partial charge is 0.493 e. The SMILES string of the molecule is COc1cc2c(cc1OC)C(C)N(CC(=O)Nc1cc(Cl)cc(Cl)c1)CC2. The van der Waals surface area contributed by atoms with Crippen LogP contribution in [0.1, 0.15) is 24.1 Å². The Hall–Kier alpha value is -1.95. The van der Waals surface area contributed by atoms with Crippen molar-refractivity contribution >= 4 is 34.8 Å². The molecule has 27 heavy (non-hydrogen) atoms. The third-order valence-electron chi connectivity index (χ3n) is 4.80.